The van der Waals surface area contributed by atoms with Gasteiger partial charge in [0.15, 0.2) is 0 Å². The van der Waals surface area contributed by atoms with E-state index in [9.17, 15) is 0 Å². The third-order valence-corrected chi connectivity index (χ3v) is 3.55. The van der Waals surface area contributed by atoms with Gasteiger partial charge in [0, 0.05) is 17.7 Å². The highest BCUT2D eigenvalue weighted by atomic mass is 35.5. The summed E-state index contributed by atoms with van der Waals surface area (Å²) in [5.74, 6) is 2.74. The van der Waals surface area contributed by atoms with Crippen LogP contribution in [0.5, 0.6) is 0 Å². The maximum absolute atomic E-state index is 6.03. The Labute approximate surface area is 93.2 Å². The molecule has 1 saturated carbocycles. The molecule has 1 fully saturated rings. The molecular formula is C9H14ClN3S. The first kappa shape index (κ1) is 10.3. The zero-order valence-corrected chi connectivity index (χ0v) is 9.98. The first-order valence-corrected chi connectivity index (χ1v) is 6.60. The van der Waals surface area contributed by atoms with E-state index >= 15 is 0 Å². The summed E-state index contributed by atoms with van der Waals surface area (Å²) >= 11 is 7.85. The average molecular weight is 232 g/mol. The molecule has 0 N–H and O–H groups in total. The standard InChI is InChI=1S/C9H14ClN3S/c1-6(5-14-2)13-8(7-3-4-7)11-12-9(13)10/h6-7H,3-5H2,1-2H3. The number of nitrogens with zero attached hydrogens (tertiary/aromatic N) is 3. The van der Waals surface area contributed by atoms with Crippen molar-refractivity contribution in [3.63, 3.8) is 0 Å². The third-order valence-electron chi connectivity index (χ3n) is 2.47. The van der Waals surface area contributed by atoms with Gasteiger partial charge in [-0.2, -0.15) is 11.8 Å². The van der Waals surface area contributed by atoms with Crippen molar-refractivity contribution in [1.82, 2.24) is 14.8 Å². The van der Waals surface area contributed by atoms with Crippen LogP contribution in [0, 0.1) is 0 Å². The van der Waals surface area contributed by atoms with Crippen molar-refractivity contribution in [2.24, 2.45) is 0 Å². The van der Waals surface area contributed by atoms with E-state index in [1.165, 1.54) is 12.8 Å². The van der Waals surface area contributed by atoms with Crippen LogP contribution in [-0.2, 0) is 0 Å². The summed E-state index contributed by atoms with van der Waals surface area (Å²) in [6, 6.07) is 0.392. The molecule has 2 rings (SSSR count). The Bertz CT molecular complexity index is 322. The molecule has 0 spiro atoms. The monoisotopic (exact) mass is 231 g/mol. The lowest BCUT2D eigenvalue weighted by Gasteiger charge is -2.14. The zero-order chi connectivity index (χ0) is 10.1. The molecule has 0 aliphatic heterocycles. The first-order valence-electron chi connectivity index (χ1n) is 4.83. The summed E-state index contributed by atoms with van der Waals surface area (Å²) in [4.78, 5) is 0. The molecule has 3 nitrogen and oxygen atoms in total. The molecule has 1 aliphatic carbocycles. The average Bonchev–Trinajstić information content (AvgIpc) is 2.90. The fourth-order valence-electron chi connectivity index (χ4n) is 1.63. The predicted octanol–water partition coefficient (Wildman–Crippen LogP) is 2.73. The van der Waals surface area contributed by atoms with Crippen LogP contribution in [0.2, 0.25) is 5.28 Å². The van der Waals surface area contributed by atoms with Gasteiger partial charge >= 0.3 is 0 Å². The molecule has 1 heterocycles. The van der Waals surface area contributed by atoms with Crippen LogP contribution in [0.15, 0.2) is 0 Å². The van der Waals surface area contributed by atoms with Gasteiger partial charge in [0.2, 0.25) is 5.28 Å². The minimum atomic E-state index is 0.392. The van der Waals surface area contributed by atoms with Crippen LogP contribution in [0.1, 0.15) is 37.5 Å². The van der Waals surface area contributed by atoms with Crippen LogP contribution in [-0.4, -0.2) is 26.8 Å². The third kappa shape index (κ3) is 1.91. The van der Waals surface area contributed by atoms with Crippen molar-refractivity contribution in [2.75, 3.05) is 12.0 Å². The van der Waals surface area contributed by atoms with Gasteiger partial charge in [0.25, 0.3) is 0 Å². The van der Waals surface area contributed by atoms with Crippen LogP contribution in [0.4, 0.5) is 0 Å². The topological polar surface area (TPSA) is 30.7 Å². The van der Waals surface area contributed by atoms with Crippen LogP contribution in [0.25, 0.3) is 0 Å². The Kier molecular flexibility index (Phi) is 3.02. The first-order chi connectivity index (χ1) is 6.74. The molecule has 1 aromatic rings. The van der Waals surface area contributed by atoms with E-state index in [2.05, 4.69) is 27.9 Å². The number of hydrogen-bond donors (Lipinski definition) is 0. The predicted molar refractivity (Wildman–Crippen MR) is 60.1 cm³/mol. The molecule has 1 aliphatic rings. The Morgan fingerprint density at radius 3 is 2.86 bits per heavy atom. The van der Waals surface area contributed by atoms with Gasteiger partial charge in [-0.3, -0.25) is 4.57 Å². The molecule has 14 heavy (non-hydrogen) atoms. The van der Waals surface area contributed by atoms with Crippen molar-refractivity contribution in [3.05, 3.63) is 11.1 Å². The quantitative estimate of drug-likeness (QED) is 0.799. The van der Waals surface area contributed by atoms with Crippen LogP contribution < -0.4 is 0 Å². The normalized spacial score (nSPS) is 18.5. The molecule has 0 aromatic carbocycles. The Hall–Kier alpha value is -0.220. The van der Waals surface area contributed by atoms with E-state index in [0.29, 0.717) is 17.2 Å². The van der Waals surface area contributed by atoms with E-state index in [0.717, 1.165) is 11.6 Å². The van der Waals surface area contributed by atoms with Crippen molar-refractivity contribution in [3.8, 4) is 0 Å². The van der Waals surface area contributed by atoms with Gasteiger partial charge in [-0.05, 0) is 37.6 Å². The van der Waals surface area contributed by atoms with Gasteiger partial charge in [0.1, 0.15) is 5.82 Å². The summed E-state index contributed by atoms with van der Waals surface area (Å²) in [7, 11) is 0. The second kappa shape index (κ2) is 4.11. The second-order valence-electron chi connectivity index (χ2n) is 3.78. The van der Waals surface area contributed by atoms with Gasteiger partial charge in [0.05, 0.1) is 0 Å². The number of aromatic nitrogens is 3. The number of rotatable bonds is 4. The van der Waals surface area contributed by atoms with Crippen molar-refractivity contribution < 1.29 is 0 Å². The molecule has 0 amide bonds. The van der Waals surface area contributed by atoms with Crippen molar-refractivity contribution >= 4 is 23.4 Å². The molecular weight excluding hydrogens is 218 g/mol. The van der Waals surface area contributed by atoms with Crippen molar-refractivity contribution in [1.29, 1.82) is 0 Å². The molecule has 1 atom stereocenters. The summed E-state index contributed by atoms with van der Waals surface area (Å²) in [6.07, 6.45) is 4.58. The molecule has 0 saturated heterocycles. The number of thioether (sulfide) groups is 1. The maximum atomic E-state index is 6.03. The SMILES string of the molecule is CSCC(C)n1c(Cl)nnc1C1CC1. The fraction of sp³-hybridized carbons (Fsp3) is 0.778. The Morgan fingerprint density at radius 1 is 1.57 bits per heavy atom. The van der Waals surface area contributed by atoms with Crippen LogP contribution in [0.3, 0.4) is 0 Å². The minimum absolute atomic E-state index is 0.392. The lowest BCUT2D eigenvalue weighted by atomic mass is 10.3. The smallest absolute Gasteiger partial charge is 0.225 e. The molecule has 1 unspecified atom stereocenters. The van der Waals surface area contributed by atoms with Crippen LogP contribution >= 0.6 is 23.4 Å². The molecule has 78 valence electrons. The summed E-state index contributed by atoms with van der Waals surface area (Å²) in [5, 5.41) is 8.64. The van der Waals surface area contributed by atoms with E-state index in [4.69, 9.17) is 11.6 Å². The van der Waals surface area contributed by atoms with E-state index in [-0.39, 0.29) is 0 Å². The maximum Gasteiger partial charge on any atom is 0.225 e. The fourth-order valence-corrected chi connectivity index (χ4v) is 2.55. The molecule has 0 radical (unpaired) electrons. The second-order valence-corrected chi connectivity index (χ2v) is 5.02. The minimum Gasteiger partial charge on any atom is -0.298 e. The lowest BCUT2D eigenvalue weighted by Crippen LogP contribution is -2.11. The highest BCUT2D eigenvalue weighted by molar-refractivity contribution is 7.98. The van der Waals surface area contributed by atoms with Gasteiger partial charge in [-0.25, -0.2) is 0 Å². The Morgan fingerprint density at radius 2 is 2.29 bits per heavy atom. The summed E-state index contributed by atoms with van der Waals surface area (Å²) < 4.78 is 2.08. The molecule has 1 aromatic heterocycles. The number of hydrogen-bond acceptors (Lipinski definition) is 3. The highest BCUT2D eigenvalue weighted by Gasteiger charge is 2.31. The largest absolute Gasteiger partial charge is 0.298 e. The summed E-state index contributed by atoms with van der Waals surface area (Å²) in [6.45, 7) is 2.16. The van der Waals surface area contributed by atoms with Gasteiger partial charge < -0.3 is 0 Å². The van der Waals surface area contributed by atoms with Crippen molar-refractivity contribution in [2.45, 2.75) is 31.7 Å². The van der Waals surface area contributed by atoms with Gasteiger partial charge in [-0.15, -0.1) is 10.2 Å². The van der Waals surface area contributed by atoms with E-state index in [1.54, 1.807) is 0 Å². The summed E-state index contributed by atoms with van der Waals surface area (Å²) in [5.41, 5.74) is 0. The zero-order valence-electron chi connectivity index (χ0n) is 8.40. The molecule has 5 heteroatoms. The Balaban J connectivity index is 2.24. The molecule has 0 bridgehead atoms. The van der Waals surface area contributed by atoms with E-state index < -0.39 is 0 Å². The van der Waals surface area contributed by atoms with E-state index in [1.807, 2.05) is 11.8 Å². The lowest BCUT2D eigenvalue weighted by molar-refractivity contribution is 0.578. The number of halogens is 1. The van der Waals surface area contributed by atoms with Gasteiger partial charge in [-0.1, -0.05) is 0 Å². The highest BCUT2D eigenvalue weighted by Crippen LogP contribution is 2.40.